The number of amides is 1. The highest BCUT2D eigenvalue weighted by Crippen LogP contribution is 2.25. The SMILES string of the molecule is CC(C)(CCn1cnc(-c2ccccc2)c1)NCC(O)c1ccc(OCc2ccccc2)c(C(N)=O)c1. The van der Waals surface area contributed by atoms with Crippen LogP contribution in [0.15, 0.2) is 91.4 Å². The van der Waals surface area contributed by atoms with Gasteiger partial charge in [0.15, 0.2) is 0 Å². The first-order chi connectivity index (χ1) is 17.8. The van der Waals surface area contributed by atoms with E-state index in [0.717, 1.165) is 29.8 Å². The van der Waals surface area contributed by atoms with Gasteiger partial charge in [-0.2, -0.15) is 0 Å². The Hall–Kier alpha value is -3.94. The van der Waals surface area contributed by atoms with Crippen molar-refractivity contribution >= 4 is 5.91 Å². The zero-order chi connectivity index (χ0) is 26.3. The number of hydrogen-bond donors (Lipinski definition) is 3. The molecule has 0 saturated heterocycles. The summed E-state index contributed by atoms with van der Waals surface area (Å²) in [6, 6.07) is 24.9. The molecule has 192 valence electrons. The number of nitrogens with zero attached hydrogens (tertiary/aromatic N) is 2. The summed E-state index contributed by atoms with van der Waals surface area (Å²) in [4.78, 5) is 16.6. The lowest BCUT2D eigenvalue weighted by atomic mass is 9.99. The average Bonchev–Trinajstić information content (AvgIpc) is 3.40. The fraction of sp³-hybridized carbons (Fsp3) is 0.267. The molecule has 7 nitrogen and oxygen atoms in total. The molecule has 1 unspecified atom stereocenters. The minimum atomic E-state index is -0.807. The number of β-amino-alcohol motifs (C(OH)–C–C–N with tert-alkyl or cyclic N) is 1. The van der Waals surface area contributed by atoms with Crippen LogP contribution in [0.25, 0.3) is 11.3 Å². The summed E-state index contributed by atoms with van der Waals surface area (Å²) in [5, 5.41) is 14.3. The number of carbonyl (C=O) groups excluding carboxylic acids is 1. The molecule has 0 bridgehead atoms. The minimum absolute atomic E-state index is 0.233. The molecule has 1 heterocycles. The normalized spacial score (nSPS) is 12.3. The number of nitrogens with two attached hydrogens (primary N) is 1. The molecule has 0 aliphatic carbocycles. The van der Waals surface area contributed by atoms with Crippen LogP contribution in [0.3, 0.4) is 0 Å². The summed E-state index contributed by atoms with van der Waals surface area (Å²) in [5.41, 5.74) is 9.25. The third-order valence-electron chi connectivity index (χ3n) is 6.36. The number of benzene rings is 3. The lowest BCUT2D eigenvalue weighted by Crippen LogP contribution is -2.42. The molecule has 1 atom stereocenters. The molecule has 0 fully saturated rings. The Morgan fingerprint density at radius 3 is 2.49 bits per heavy atom. The highest BCUT2D eigenvalue weighted by atomic mass is 16.5. The van der Waals surface area contributed by atoms with Crippen LogP contribution in [0.5, 0.6) is 5.75 Å². The third-order valence-corrected chi connectivity index (χ3v) is 6.36. The van der Waals surface area contributed by atoms with E-state index in [2.05, 4.69) is 28.7 Å². The second kappa shape index (κ2) is 11.9. The monoisotopic (exact) mass is 498 g/mol. The van der Waals surface area contributed by atoms with E-state index in [4.69, 9.17) is 10.5 Å². The van der Waals surface area contributed by atoms with Crippen LogP contribution >= 0.6 is 0 Å². The number of aromatic nitrogens is 2. The Bertz CT molecular complexity index is 1300. The Balaban J connectivity index is 1.32. The van der Waals surface area contributed by atoms with E-state index in [1.54, 1.807) is 18.2 Å². The number of imidazole rings is 1. The van der Waals surface area contributed by atoms with Crippen molar-refractivity contribution in [3.8, 4) is 17.0 Å². The van der Waals surface area contributed by atoms with Crippen LogP contribution < -0.4 is 15.8 Å². The summed E-state index contributed by atoms with van der Waals surface area (Å²) in [5.74, 6) is -0.198. The predicted octanol–water partition coefficient (Wildman–Crippen LogP) is 4.72. The van der Waals surface area contributed by atoms with E-state index >= 15 is 0 Å². The Morgan fingerprint density at radius 1 is 1.08 bits per heavy atom. The summed E-state index contributed by atoms with van der Waals surface area (Å²) < 4.78 is 7.91. The summed E-state index contributed by atoms with van der Waals surface area (Å²) >= 11 is 0. The fourth-order valence-electron chi connectivity index (χ4n) is 4.04. The van der Waals surface area contributed by atoms with Crippen molar-refractivity contribution in [1.82, 2.24) is 14.9 Å². The number of hydrogen-bond acceptors (Lipinski definition) is 5. The highest BCUT2D eigenvalue weighted by Gasteiger charge is 2.21. The van der Waals surface area contributed by atoms with Crippen molar-refractivity contribution < 1.29 is 14.6 Å². The van der Waals surface area contributed by atoms with Crippen molar-refractivity contribution in [2.75, 3.05) is 6.54 Å². The fourth-order valence-corrected chi connectivity index (χ4v) is 4.04. The van der Waals surface area contributed by atoms with Gasteiger partial charge in [-0.05, 0) is 43.5 Å². The van der Waals surface area contributed by atoms with Gasteiger partial charge in [0, 0.05) is 30.4 Å². The molecule has 0 aliphatic heterocycles. The first-order valence-electron chi connectivity index (χ1n) is 12.4. The number of aliphatic hydroxyl groups is 1. The molecular weight excluding hydrogens is 464 g/mol. The van der Waals surface area contributed by atoms with Crippen LogP contribution in [-0.4, -0.2) is 32.6 Å². The molecule has 0 spiro atoms. The van der Waals surface area contributed by atoms with Gasteiger partial charge in [-0.3, -0.25) is 4.79 Å². The van der Waals surface area contributed by atoms with Gasteiger partial charge < -0.3 is 25.5 Å². The minimum Gasteiger partial charge on any atom is -0.488 e. The van der Waals surface area contributed by atoms with E-state index in [1.165, 1.54) is 0 Å². The first-order valence-corrected chi connectivity index (χ1v) is 12.4. The van der Waals surface area contributed by atoms with E-state index in [1.807, 2.05) is 73.2 Å². The average molecular weight is 499 g/mol. The molecule has 37 heavy (non-hydrogen) atoms. The Morgan fingerprint density at radius 2 is 1.78 bits per heavy atom. The van der Waals surface area contributed by atoms with Crippen molar-refractivity contribution in [2.45, 2.75) is 45.1 Å². The van der Waals surface area contributed by atoms with Crippen LogP contribution in [0.2, 0.25) is 0 Å². The maximum atomic E-state index is 12.1. The molecule has 7 heteroatoms. The van der Waals surface area contributed by atoms with E-state index in [-0.39, 0.29) is 11.1 Å². The number of carbonyl (C=O) groups is 1. The standard InChI is InChI=1S/C30H34N4O3/c1-30(2,15-16-34-19-26(32-21-34)23-11-7-4-8-12-23)33-18-27(35)24-13-14-28(25(17-24)29(31)36)37-20-22-9-5-3-6-10-22/h3-14,17,19,21,27,33,35H,15-16,18,20H2,1-2H3,(H2,31,36). The molecule has 4 rings (SSSR count). The lowest BCUT2D eigenvalue weighted by molar-refractivity contribution is 0.0995. The van der Waals surface area contributed by atoms with Crippen LogP contribution in [0.1, 0.15) is 47.9 Å². The molecule has 0 saturated carbocycles. The number of aryl methyl sites for hydroxylation is 1. The number of nitrogens with one attached hydrogen (secondary N) is 1. The second-order valence-corrected chi connectivity index (χ2v) is 9.79. The van der Waals surface area contributed by atoms with Crippen LogP contribution in [0.4, 0.5) is 0 Å². The van der Waals surface area contributed by atoms with Crippen molar-refractivity contribution in [1.29, 1.82) is 0 Å². The second-order valence-electron chi connectivity index (χ2n) is 9.79. The highest BCUT2D eigenvalue weighted by molar-refractivity contribution is 5.95. The Labute approximate surface area is 217 Å². The molecule has 1 aromatic heterocycles. The van der Waals surface area contributed by atoms with Crippen molar-refractivity contribution in [2.24, 2.45) is 5.73 Å². The molecule has 4 N–H and O–H groups in total. The summed E-state index contributed by atoms with van der Waals surface area (Å²) in [6.45, 7) is 5.64. The zero-order valence-corrected chi connectivity index (χ0v) is 21.3. The van der Waals surface area contributed by atoms with Gasteiger partial charge in [-0.1, -0.05) is 66.7 Å². The molecule has 3 aromatic carbocycles. The topological polar surface area (TPSA) is 102 Å². The van der Waals surface area contributed by atoms with Gasteiger partial charge in [-0.25, -0.2) is 4.98 Å². The smallest absolute Gasteiger partial charge is 0.252 e. The predicted molar refractivity (Wildman–Crippen MR) is 145 cm³/mol. The van der Waals surface area contributed by atoms with Gasteiger partial charge in [0.1, 0.15) is 12.4 Å². The maximum absolute atomic E-state index is 12.1. The van der Waals surface area contributed by atoms with E-state index in [0.29, 0.717) is 24.5 Å². The van der Waals surface area contributed by atoms with Gasteiger partial charge in [0.25, 0.3) is 5.91 Å². The van der Waals surface area contributed by atoms with Gasteiger partial charge in [0.2, 0.25) is 0 Å². The van der Waals surface area contributed by atoms with Gasteiger partial charge >= 0.3 is 0 Å². The quantitative estimate of drug-likeness (QED) is 0.262. The van der Waals surface area contributed by atoms with E-state index in [9.17, 15) is 9.90 Å². The molecule has 0 radical (unpaired) electrons. The number of ether oxygens (including phenoxy) is 1. The largest absolute Gasteiger partial charge is 0.488 e. The van der Waals surface area contributed by atoms with Gasteiger partial charge in [-0.15, -0.1) is 0 Å². The molecule has 0 aliphatic rings. The summed E-state index contributed by atoms with van der Waals surface area (Å²) in [6.07, 6.45) is 3.93. The van der Waals surface area contributed by atoms with Crippen LogP contribution in [0, 0.1) is 0 Å². The number of primary amides is 1. The summed E-state index contributed by atoms with van der Waals surface area (Å²) in [7, 11) is 0. The first kappa shape index (κ1) is 26.1. The Kier molecular flexibility index (Phi) is 8.38. The molecular formula is C30H34N4O3. The van der Waals surface area contributed by atoms with Crippen molar-refractivity contribution in [3.63, 3.8) is 0 Å². The van der Waals surface area contributed by atoms with Crippen molar-refractivity contribution in [3.05, 3.63) is 108 Å². The lowest BCUT2D eigenvalue weighted by Gasteiger charge is -2.28. The molecule has 1 amide bonds. The number of rotatable bonds is 12. The molecule has 4 aromatic rings. The zero-order valence-electron chi connectivity index (χ0n) is 21.3. The van der Waals surface area contributed by atoms with Gasteiger partial charge in [0.05, 0.1) is 23.7 Å². The maximum Gasteiger partial charge on any atom is 0.252 e. The van der Waals surface area contributed by atoms with E-state index < -0.39 is 12.0 Å². The number of aliphatic hydroxyl groups excluding tert-OH is 1. The third kappa shape index (κ3) is 7.29. The van der Waals surface area contributed by atoms with Crippen LogP contribution in [-0.2, 0) is 13.2 Å².